The first-order chi connectivity index (χ1) is 12.2. The Morgan fingerprint density at radius 3 is 2.88 bits per heavy atom. The largest absolute Gasteiger partial charge is 0.493 e. The zero-order chi connectivity index (χ0) is 17.1. The molecule has 3 aromatic heterocycles. The lowest BCUT2D eigenvalue weighted by Gasteiger charge is -2.24. The van der Waals surface area contributed by atoms with Crippen molar-refractivity contribution in [2.45, 2.75) is 25.9 Å². The van der Waals surface area contributed by atoms with Crippen LogP contribution in [0.15, 0.2) is 46.6 Å². The van der Waals surface area contributed by atoms with E-state index in [4.69, 9.17) is 0 Å². The number of H-pyrrole nitrogens is 1. The highest BCUT2D eigenvalue weighted by Crippen LogP contribution is 2.41. The van der Waals surface area contributed by atoms with Crippen molar-refractivity contribution < 1.29 is 5.11 Å². The average Bonchev–Trinajstić information content (AvgIpc) is 3.32. The van der Waals surface area contributed by atoms with Crippen LogP contribution in [0, 0.1) is 0 Å². The summed E-state index contributed by atoms with van der Waals surface area (Å²) in [6, 6.07) is 12.0. The third kappa shape index (κ3) is 1.85. The molecule has 0 saturated heterocycles. The molecule has 2 N–H and O–H groups in total. The lowest BCUT2D eigenvalue weighted by Crippen LogP contribution is -2.31. The highest BCUT2D eigenvalue weighted by atomic mass is 32.1. The molecule has 0 fully saturated rings. The maximum absolute atomic E-state index is 13.0. The van der Waals surface area contributed by atoms with E-state index in [1.165, 1.54) is 4.57 Å². The summed E-state index contributed by atoms with van der Waals surface area (Å²) >= 11 is 1.63. The van der Waals surface area contributed by atoms with Crippen LogP contribution in [-0.4, -0.2) is 19.2 Å². The number of aromatic nitrogens is 3. The van der Waals surface area contributed by atoms with Gasteiger partial charge in [0.1, 0.15) is 6.04 Å². The summed E-state index contributed by atoms with van der Waals surface area (Å²) in [4.78, 5) is 17.6. The number of nitrogens with zero attached hydrogens (tertiary/aromatic N) is 2. The predicted molar refractivity (Wildman–Crippen MR) is 98.7 cm³/mol. The third-order valence-corrected chi connectivity index (χ3v) is 6.02. The molecule has 0 radical (unpaired) electrons. The van der Waals surface area contributed by atoms with Gasteiger partial charge in [0.05, 0.1) is 5.69 Å². The van der Waals surface area contributed by atoms with Crippen LogP contribution in [0.1, 0.15) is 34.8 Å². The number of benzene rings is 1. The third-order valence-electron chi connectivity index (χ3n) is 5.09. The Bertz CT molecular complexity index is 1150. The maximum atomic E-state index is 13.0. The maximum Gasteiger partial charge on any atom is 0.332 e. The van der Waals surface area contributed by atoms with Crippen molar-refractivity contribution >= 4 is 22.2 Å². The molecule has 126 valence electrons. The second-order valence-corrected chi connectivity index (χ2v) is 7.30. The highest BCUT2D eigenvalue weighted by Gasteiger charge is 2.35. The summed E-state index contributed by atoms with van der Waals surface area (Å²) in [6.45, 7) is 2.33. The lowest BCUT2D eigenvalue weighted by atomic mass is 9.96. The fraction of sp³-hybridized carbons (Fsp3) is 0.211. The van der Waals surface area contributed by atoms with Crippen LogP contribution in [-0.2, 0) is 13.0 Å². The van der Waals surface area contributed by atoms with Crippen molar-refractivity contribution in [2.75, 3.05) is 0 Å². The Kier molecular flexibility index (Phi) is 3.00. The van der Waals surface area contributed by atoms with Crippen LogP contribution in [0.5, 0.6) is 5.88 Å². The van der Waals surface area contributed by atoms with Gasteiger partial charge in [-0.15, -0.1) is 11.3 Å². The van der Waals surface area contributed by atoms with Gasteiger partial charge in [0.25, 0.3) is 0 Å². The van der Waals surface area contributed by atoms with E-state index in [9.17, 15) is 9.90 Å². The summed E-state index contributed by atoms with van der Waals surface area (Å²) < 4.78 is 3.20. The second kappa shape index (κ2) is 5.13. The topological polar surface area (TPSA) is 62.9 Å². The van der Waals surface area contributed by atoms with Crippen LogP contribution in [0.4, 0.5) is 0 Å². The molecule has 6 heteroatoms. The first-order valence-corrected chi connectivity index (χ1v) is 9.24. The number of nitrogens with one attached hydrogen (secondary N) is 1. The normalized spacial score (nSPS) is 16.1. The molecule has 1 atom stereocenters. The molecular formula is C19H17N3O2S. The molecule has 25 heavy (non-hydrogen) atoms. The summed E-state index contributed by atoms with van der Waals surface area (Å²) in [6.07, 6.45) is 0.551. The van der Waals surface area contributed by atoms with Gasteiger partial charge in [0, 0.05) is 34.4 Å². The molecule has 0 unspecified atom stereocenters. The number of imidazole rings is 1. The molecule has 1 aliphatic heterocycles. The van der Waals surface area contributed by atoms with Crippen molar-refractivity contribution in [3.05, 3.63) is 74.1 Å². The van der Waals surface area contributed by atoms with Gasteiger partial charge in [-0.05, 0) is 30.0 Å². The fourth-order valence-corrected chi connectivity index (χ4v) is 4.80. The van der Waals surface area contributed by atoms with E-state index < -0.39 is 0 Å². The van der Waals surface area contributed by atoms with Gasteiger partial charge in [-0.25, -0.2) is 4.79 Å². The van der Waals surface area contributed by atoms with E-state index in [2.05, 4.69) is 17.1 Å². The number of thiophene rings is 1. The molecule has 1 aromatic carbocycles. The SMILES string of the molecule is CCn1c(O)c2n(c1=O)[C@@H](c1cccs1)c1[nH]c3ccccc3c1C2. The molecule has 0 aliphatic carbocycles. The van der Waals surface area contributed by atoms with E-state index in [-0.39, 0.29) is 17.6 Å². The monoisotopic (exact) mass is 351 g/mol. The van der Waals surface area contributed by atoms with Gasteiger partial charge in [0.2, 0.25) is 5.88 Å². The molecule has 4 aromatic rings. The van der Waals surface area contributed by atoms with Crippen LogP contribution < -0.4 is 5.69 Å². The van der Waals surface area contributed by atoms with Crippen LogP contribution in [0.25, 0.3) is 10.9 Å². The van der Waals surface area contributed by atoms with Crippen molar-refractivity contribution in [3.63, 3.8) is 0 Å². The van der Waals surface area contributed by atoms with Crippen molar-refractivity contribution in [1.82, 2.24) is 14.1 Å². The van der Waals surface area contributed by atoms with Gasteiger partial charge < -0.3 is 10.1 Å². The zero-order valence-electron chi connectivity index (χ0n) is 13.7. The molecular weight excluding hydrogens is 334 g/mol. The predicted octanol–water partition coefficient (Wildman–Crippen LogP) is 3.46. The van der Waals surface area contributed by atoms with E-state index in [0.717, 1.165) is 27.0 Å². The molecule has 0 amide bonds. The fourth-order valence-electron chi connectivity index (χ4n) is 3.97. The van der Waals surface area contributed by atoms with Crippen molar-refractivity contribution in [3.8, 4) is 5.88 Å². The number of aromatic hydroxyl groups is 1. The summed E-state index contributed by atoms with van der Waals surface area (Å²) in [5.41, 5.74) is 3.82. The molecule has 5 rings (SSSR count). The molecule has 0 bridgehead atoms. The first-order valence-electron chi connectivity index (χ1n) is 8.36. The number of fused-ring (bicyclic) bond motifs is 4. The van der Waals surface area contributed by atoms with Crippen molar-refractivity contribution in [1.29, 1.82) is 0 Å². The van der Waals surface area contributed by atoms with Gasteiger partial charge >= 0.3 is 5.69 Å². The van der Waals surface area contributed by atoms with Crippen molar-refractivity contribution in [2.24, 2.45) is 0 Å². The quantitative estimate of drug-likeness (QED) is 0.512. The number of hydrogen-bond acceptors (Lipinski definition) is 3. The van der Waals surface area contributed by atoms with Gasteiger partial charge in [-0.1, -0.05) is 24.3 Å². The Morgan fingerprint density at radius 2 is 2.12 bits per heavy atom. The molecule has 1 aliphatic rings. The number of hydrogen-bond donors (Lipinski definition) is 2. The number of aromatic amines is 1. The standard InChI is InChI=1S/C19H17N3O2S/c1-2-21-18(23)14-10-12-11-6-3-4-7-13(11)20-16(12)17(22(14)19(21)24)15-8-5-9-25-15/h3-9,17,20,23H,2,10H2,1H3/t17-/m0/s1. The van der Waals surface area contributed by atoms with E-state index in [1.54, 1.807) is 15.9 Å². The number of rotatable bonds is 2. The Morgan fingerprint density at radius 1 is 1.28 bits per heavy atom. The van der Waals surface area contributed by atoms with E-state index in [0.29, 0.717) is 18.7 Å². The minimum Gasteiger partial charge on any atom is -0.493 e. The molecule has 0 saturated carbocycles. The van der Waals surface area contributed by atoms with Gasteiger partial charge in [0.15, 0.2) is 0 Å². The van der Waals surface area contributed by atoms with E-state index in [1.807, 2.05) is 36.6 Å². The molecule has 4 heterocycles. The summed E-state index contributed by atoms with van der Waals surface area (Å²) in [5, 5.41) is 13.8. The molecule has 5 nitrogen and oxygen atoms in total. The highest BCUT2D eigenvalue weighted by molar-refractivity contribution is 7.10. The van der Waals surface area contributed by atoms with Gasteiger partial charge in [-0.3, -0.25) is 9.13 Å². The Balaban J connectivity index is 1.88. The minimum absolute atomic E-state index is 0.0880. The zero-order valence-corrected chi connectivity index (χ0v) is 14.5. The minimum atomic E-state index is -0.225. The Labute approximate surface area is 147 Å². The Hall–Kier alpha value is -2.73. The van der Waals surface area contributed by atoms with E-state index >= 15 is 0 Å². The average molecular weight is 351 g/mol. The summed E-state index contributed by atoms with van der Waals surface area (Å²) in [7, 11) is 0. The lowest BCUT2D eigenvalue weighted by molar-refractivity contribution is 0.413. The smallest absolute Gasteiger partial charge is 0.332 e. The first kappa shape index (κ1) is 14.6. The number of para-hydroxylation sites is 1. The summed E-state index contributed by atoms with van der Waals surface area (Å²) in [5.74, 6) is 0.0880. The van der Waals surface area contributed by atoms with Crippen LogP contribution in [0.3, 0.4) is 0 Å². The second-order valence-electron chi connectivity index (χ2n) is 6.32. The van der Waals surface area contributed by atoms with Crippen LogP contribution in [0.2, 0.25) is 0 Å². The van der Waals surface area contributed by atoms with Crippen LogP contribution >= 0.6 is 11.3 Å². The van der Waals surface area contributed by atoms with Gasteiger partial charge in [-0.2, -0.15) is 0 Å². The molecule has 0 spiro atoms.